The Morgan fingerprint density at radius 1 is 1.03 bits per heavy atom. The van der Waals surface area contributed by atoms with Crippen molar-refractivity contribution in [3.63, 3.8) is 0 Å². The average molecular weight is 502 g/mol. The van der Waals surface area contributed by atoms with Gasteiger partial charge in [-0.3, -0.25) is 4.79 Å². The summed E-state index contributed by atoms with van der Waals surface area (Å²) in [5.41, 5.74) is 0. The van der Waals surface area contributed by atoms with Gasteiger partial charge in [0, 0.05) is 0 Å². The van der Waals surface area contributed by atoms with Crippen LogP contribution in [-0.4, -0.2) is 84.3 Å². The number of amides is 1. The molecule has 0 radical (unpaired) electrons. The number of ether oxygens (including phenoxy) is 1. The Kier molecular flexibility index (Phi) is 13.5. The number of carbonyl (C=O) groups excluding carboxylic acids is 1. The van der Waals surface area contributed by atoms with Crippen LogP contribution in [0.4, 0.5) is 0 Å². The van der Waals surface area contributed by atoms with Gasteiger partial charge < -0.3 is 45.4 Å². The number of unbranched alkanes of at least 4 members (excludes halogenated alkanes) is 8. The van der Waals surface area contributed by atoms with Gasteiger partial charge in [-0.2, -0.15) is 0 Å². The molecule has 1 amide bonds. The van der Waals surface area contributed by atoms with Crippen molar-refractivity contribution in [3.8, 4) is 0 Å². The van der Waals surface area contributed by atoms with E-state index in [1.54, 1.807) is 0 Å². The Hall–Kier alpha value is -0.660. The van der Waals surface area contributed by atoms with Gasteiger partial charge in [0.2, 0.25) is 5.91 Å². The molecule has 0 saturated carbocycles. The molecule has 0 spiro atoms. The third kappa shape index (κ3) is 10.6. The van der Waals surface area contributed by atoms with Gasteiger partial charge in [0.1, 0.15) is 18.3 Å². The molecule has 12 nitrogen and oxygen atoms in total. The zero-order chi connectivity index (χ0) is 25.1. The Bertz CT molecular complexity index is 617. The lowest BCUT2D eigenvalue weighted by Crippen LogP contribution is -2.72. The van der Waals surface area contributed by atoms with Gasteiger partial charge >= 0.3 is 7.82 Å². The summed E-state index contributed by atoms with van der Waals surface area (Å²) in [6.07, 6.45) is 0.752. The van der Waals surface area contributed by atoms with Gasteiger partial charge in [-0.25, -0.2) is 9.09 Å². The molecular formula is C20H40NO11P. The van der Waals surface area contributed by atoms with Gasteiger partial charge in [0.25, 0.3) is 5.91 Å². The zero-order valence-corrected chi connectivity index (χ0v) is 20.0. The molecule has 196 valence electrons. The highest BCUT2D eigenvalue weighted by molar-refractivity contribution is 7.46. The van der Waals surface area contributed by atoms with E-state index in [0.29, 0.717) is 12.8 Å². The highest BCUT2D eigenvalue weighted by atomic mass is 31.2. The molecule has 1 heterocycles. The van der Waals surface area contributed by atoms with E-state index in [9.17, 15) is 44.7 Å². The fraction of sp³-hybridized carbons (Fsp3) is 0.950. The summed E-state index contributed by atoms with van der Waals surface area (Å²) in [6, 6.07) is 0. The number of hydrogen-bond donors (Lipinski definition) is 8. The van der Waals surface area contributed by atoms with Crippen LogP contribution in [0.5, 0.6) is 0 Å². The van der Waals surface area contributed by atoms with E-state index in [-0.39, 0.29) is 0 Å². The predicted octanol–water partition coefficient (Wildman–Crippen LogP) is 0.0114. The number of nitrogens with one attached hydrogen (secondary N) is 1. The fourth-order valence-corrected chi connectivity index (χ4v) is 4.32. The third-order valence-corrected chi connectivity index (χ3v) is 6.09. The van der Waals surface area contributed by atoms with Gasteiger partial charge in [-0.15, -0.1) is 0 Å². The average Bonchev–Trinajstić information content (AvgIpc) is 2.72. The predicted molar refractivity (Wildman–Crippen MR) is 116 cm³/mol. The zero-order valence-electron chi connectivity index (χ0n) is 19.1. The van der Waals surface area contributed by atoms with Crippen molar-refractivity contribution in [2.24, 2.45) is 0 Å². The number of carbonyl (C=O) groups is 1. The molecule has 1 aliphatic rings. The monoisotopic (exact) mass is 501 g/mol. The molecular weight excluding hydrogens is 461 g/mol. The quantitative estimate of drug-likeness (QED) is 0.0803. The Morgan fingerprint density at radius 2 is 1.58 bits per heavy atom. The lowest BCUT2D eigenvalue weighted by Gasteiger charge is -2.47. The molecule has 1 saturated heterocycles. The molecule has 0 aromatic heterocycles. The molecule has 13 heteroatoms. The van der Waals surface area contributed by atoms with E-state index < -0.39 is 63.2 Å². The Morgan fingerprint density at radius 3 is 2.09 bits per heavy atom. The standard InChI is InChI=1S/C20H40NO11P/c1-2-3-4-5-6-7-8-9-10-11-14(23)12-16(24)21-20(32-33(28,29)30)19(27)18(26)17(25)15(13-22)31-20/h14-15,17-19,22-23,25-27H,2-13H2,1H3,(H,21,24)(H2,28,29,30)/t14-,15-,17-,18+,19-,20+/m1/s1. The first-order valence-electron chi connectivity index (χ1n) is 11.5. The number of phosphoric ester groups is 1. The minimum absolute atomic E-state index is 0.319. The van der Waals surface area contributed by atoms with E-state index in [0.717, 1.165) is 19.3 Å². The Balaban J connectivity index is 2.57. The van der Waals surface area contributed by atoms with Crippen LogP contribution in [-0.2, 0) is 18.6 Å². The number of hydrogen-bond acceptors (Lipinski definition) is 9. The maximum Gasteiger partial charge on any atom is 0.473 e. The van der Waals surface area contributed by atoms with Gasteiger partial charge in [0.15, 0.2) is 6.10 Å². The molecule has 0 bridgehead atoms. The largest absolute Gasteiger partial charge is 0.473 e. The van der Waals surface area contributed by atoms with Crippen LogP contribution >= 0.6 is 7.82 Å². The summed E-state index contributed by atoms with van der Waals surface area (Å²) in [7, 11) is -5.39. The van der Waals surface area contributed by atoms with Crippen molar-refractivity contribution in [2.75, 3.05) is 6.61 Å². The van der Waals surface area contributed by atoms with E-state index in [4.69, 9.17) is 4.74 Å². The van der Waals surface area contributed by atoms with Crippen LogP contribution in [0.2, 0.25) is 0 Å². The van der Waals surface area contributed by atoms with E-state index in [1.807, 2.05) is 5.32 Å². The normalized spacial score (nSPS) is 29.1. The first-order chi connectivity index (χ1) is 15.5. The number of rotatable bonds is 16. The molecule has 1 aliphatic heterocycles. The van der Waals surface area contributed by atoms with Crippen molar-refractivity contribution < 1.29 is 53.9 Å². The maximum atomic E-state index is 12.4. The molecule has 1 rings (SSSR count). The second-order valence-electron chi connectivity index (χ2n) is 8.54. The lowest BCUT2D eigenvalue weighted by molar-refractivity contribution is -0.350. The Labute approximate surface area is 194 Å². The minimum Gasteiger partial charge on any atom is -0.394 e. The minimum atomic E-state index is -5.39. The number of phosphoric acid groups is 1. The highest BCUT2D eigenvalue weighted by Gasteiger charge is 2.58. The molecule has 0 aromatic rings. The summed E-state index contributed by atoms with van der Waals surface area (Å²) in [5, 5.41) is 51.5. The molecule has 33 heavy (non-hydrogen) atoms. The molecule has 1 fully saturated rings. The van der Waals surface area contributed by atoms with E-state index >= 15 is 0 Å². The van der Waals surface area contributed by atoms with Crippen LogP contribution in [0.15, 0.2) is 0 Å². The van der Waals surface area contributed by atoms with Crippen LogP contribution in [0.1, 0.15) is 77.6 Å². The van der Waals surface area contributed by atoms with Gasteiger partial charge in [-0.1, -0.05) is 64.7 Å². The SMILES string of the molecule is CCCCCCCCCCC[C@@H](O)CC(=O)N[C@]1(OP(=O)(O)O)O[C@H](CO)[C@@H](O)[C@H](O)[C@H]1O. The molecule has 0 unspecified atom stereocenters. The summed E-state index contributed by atoms with van der Waals surface area (Å²) in [4.78, 5) is 30.8. The van der Waals surface area contributed by atoms with Crippen LogP contribution < -0.4 is 5.32 Å². The van der Waals surface area contributed by atoms with Crippen molar-refractivity contribution >= 4 is 13.7 Å². The fourth-order valence-electron chi connectivity index (χ4n) is 3.77. The molecule has 8 N–H and O–H groups in total. The van der Waals surface area contributed by atoms with E-state index in [1.165, 1.54) is 32.1 Å². The topological polar surface area (TPSA) is 206 Å². The molecule has 0 aromatic carbocycles. The van der Waals surface area contributed by atoms with E-state index in [2.05, 4.69) is 11.4 Å². The summed E-state index contributed by atoms with van der Waals surface area (Å²) >= 11 is 0. The number of aliphatic hydroxyl groups is 5. The van der Waals surface area contributed by atoms with Crippen molar-refractivity contribution in [1.82, 2.24) is 5.32 Å². The number of aliphatic hydroxyl groups excluding tert-OH is 5. The van der Waals surface area contributed by atoms with Gasteiger partial charge in [0.05, 0.1) is 19.1 Å². The van der Waals surface area contributed by atoms with Crippen LogP contribution in [0.25, 0.3) is 0 Å². The molecule has 0 aliphatic carbocycles. The molecule has 6 atom stereocenters. The first kappa shape index (κ1) is 30.4. The second kappa shape index (κ2) is 14.7. The second-order valence-corrected chi connectivity index (χ2v) is 9.70. The maximum absolute atomic E-state index is 12.4. The first-order valence-corrected chi connectivity index (χ1v) is 13.1. The van der Waals surface area contributed by atoms with Crippen LogP contribution in [0.3, 0.4) is 0 Å². The summed E-state index contributed by atoms with van der Waals surface area (Å²) in [6.45, 7) is 1.26. The van der Waals surface area contributed by atoms with Crippen LogP contribution in [0, 0.1) is 0 Å². The summed E-state index contributed by atoms with van der Waals surface area (Å²) < 4.78 is 20.9. The lowest BCUT2D eigenvalue weighted by atomic mass is 9.96. The third-order valence-electron chi connectivity index (χ3n) is 5.58. The summed E-state index contributed by atoms with van der Waals surface area (Å²) in [5.74, 6) is -3.93. The highest BCUT2D eigenvalue weighted by Crippen LogP contribution is 2.45. The smallest absolute Gasteiger partial charge is 0.394 e. The van der Waals surface area contributed by atoms with Gasteiger partial charge in [-0.05, 0) is 6.42 Å². The van der Waals surface area contributed by atoms with Crippen molar-refractivity contribution in [3.05, 3.63) is 0 Å². The van der Waals surface area contributed by atoms with Crippen molar-refractivity contribution in [2.45, 2.75) is 114 Å². The van der Waals surface area contributed by atoms with Crippen molar-refractivity contribution in [1.29, 1.82) is 0 Å².